The zero-order chi connectivity index (χ0) is 19.2. The van der Waals surface area contributed by atoms with Crippen molar-refractivity contribution in [1.82, 2.24) is 19.9 Å². The second-order valence-electron chi connectivity index (χ2n) is 7.66. The molecule has 1 aromatic carbocycles. The number of para-hydroxylation sites is 2. The lowest BCUT2D eigenvalue weighted by molar-refractivity contribution is -0.135. The third-order valence-electron chi connectivity index (χ3n) is 5.88. The smallest absolute Gasteiger partial charge is 0.260 e. The highest BCUT2D eigenvalue weighted by Crippen LogP contribution is 2.25. The predicted molar refractivity (Wildman–Crippen MR) is 107 cm³/mol. The monoisotopic (exact) mass is 372 g/mol. The van der Waals surface area contributed by atoms with Crippen LogP contribution in [0.1, 0.15) is 57.7 Å². The summed E-state index contributed by atoms with van der Waals surface area (Å²) in [6, 6.07) is 8.26. The Balaban J connectivity index is 1.77. The van der Waals surface area contributed by atoms with Gasteiger partial charge in [0.1, 0.15) is 5.82 Å². The summed E-state index contributed by atoms with van der Waals surface area (Å²) in [5.41, 5.74) is 4.04. The molecule has 0 aliphatic heterocycles. The quantitative estimate of drug-likeness (QED) is 0.549. The summed E-state index contributed by atoms with van der Waals surface area (Å²) < 4.78 is 2.27. The van der Waals surface area contributed by atoms with Gasteiger partial charge < -0.3 is 4.57 Å². The van der Waals surface area contributed by atoms with Crippen LogP contribution in [0.4, 0.5) is 0 Å². The van der Waals surface area contributed by atoms with Gasteiger partial charge in [0.2, 0.25) is 0 Å². The summed E-state index contributed by atoms with van der Waals surface area (Å²) in [4.78, 5) is 19.3. The first-order valence-corrected chi connectivity index (χ1v) is 10.3. The molecule has 0 saturated heterocycles. The number of carbonyl (C=O) groups excluding carboxylic acids is 1. The third kappa shape index (κ3) is 4.50. The maximum atomic E-state index is 12.4. The van der Waals surface area contributed by atoms with E-state index in [0.29, 0.717) is 18.9 Å². The Morgan fingerprint density at radius 3 is 2.78 bits per heavy atom. The van der Waals surface area contributed by atoms with E-state index in [1.807, 2.05) is 30.7 Å². The molecule has 0 bridgehead atoms. The molecule has 2 N–H and O–H groups in total. The molecule has 1 amide bonds. The highest BCUT2D eigenvalue weighted by molar-refractivity contribution is 5.80. The number of nitrogens with zero attached hydrogens (tertiary/aromatic N) is 3. The number of aryl methyl sites for hydroxylation is 2. The van der Waals surface area contributed by atoms with Gasteiger partial charge in [-0.1, -0.05) is 38.3 Å². The van der Waals surface area contributed by atoms with Crippen LogP contribution >= 0.6 is 0 Å². The molecule has 6 nitrogen and oxygen atoms in total. The average Bonchev–Trinajstić information content (AvgIpc) is 3.06. The second kappa shape index (κ2) is 9.33. The Labute approximate surface area is 161 Å². The first-order chi connectivity index (χ1) is 13.2. The van der Waals surface area contributed by atoms with Gasteiger partial charge in [-0.15, -0.1) is 0 Å². The zero-order valence-electron chi connectivity index (χ0n) is 16.5. The van der Waals surface area contributed by atoms with Gasteiger partial charge in [0.25, 0.3) is 5.91 Å². The van der Waals surface area contributed by atoms with Gasteiger partial charge in [-0.25, -0.2) is 10.5 Å². The Morgan fingerprint density at radius 2 is 2.07 bits per heavy atom. The number of aromatic nitrogens is 2. The largest absolute Gasteiger partial charge is 0.328 e. The molecule has 2 aromatic rings. The molecule has 27 heavy (non-hydrogen) atoms. The Morgan fingerprint density at radius 1 is 1.33 bits per heavy atom. The van der Waals surface area contributed by atoms with E-state index in [1.54, 1.807) is 0 Å². The topological polar surface area (TPSA) is 70.4 Å². The molecular formula is C21H32N4O2. The number of fused-ring (bicyclic) bond motifs is 1. The number of nitrogens with one attached hydrogen (secondary N) is 1. The normalized spacial score (nSPS) is 16.7. The van der Waals surface area contributed by atoms with Gasteiger partial charge in [-0.05, 0) is 44.9 Å². The molecule has 0 radical (unpaired) electrons. The molecule has 1 aromatic heterocycles. The first kappa shape index (κ1) is 19.8. The number of hydrogen-bond donors (Lipinski definition) is 2. The Hall–Kier alpha value is -1.92. The molecule has 148 valence electrons. The van der Waals surface area contributed by atoms with Crippen molar-refractivity contribution in [1.29, 1.82) is 0 Å². The highest BCUT2D eigenvalue weighted by Gasteiger charge is 2.29. The van der Waals surface area contributed by atoms with Crippen LogP contribution in [0.15, 0.2) is 24.3 Å². The number of hydroxylamine groups is 1. The van der Waals surface area contributed by atoms with Crippen molar-refractivity contribution in [2.24, 2.45) is 0 Å². The average molecular weight is 373 g/mol. The van der Waals surface area contributed by atoms with E-state index in [2.05, 4.69) is 22.5 Å². The van der Waals surface area contributed by atoms with Crippen LogP contribution in [0.25, 0.3) is 11.0 Å². The number of rotatable bonds is 8. The molecule has 3 rings (SSSR count). The predicted octanol–water partition coefficient (Wildman–Crippen LogP) is 3.52. The zero-order valence-corrected chi connectivity index (χ0v) is 16.5. The molecule has 1 saturated carbocycles. The van der Waals surface area contributed by atoms with E-state index in [0.717, 1.165) is 42.7 Å². The van der Waals surface area contributed by atoms with Crippen LogP contribution in [0.5, 0.6) is 0 Å². The van der Waals surface area contributed by atoms with Gasteiger partial charge in [0, 0.05) is 19.0 Å². The van der Waals surface area contributed by atoms with E-state index < -0.39 is 0 Å². The lowest BCUT2D eigenvalue weighted by atomic mass is 9.93. The van der Waals surface area contributed by atoms with Crippen LogP contribution in [-0.4, -0.2) is 44.7 Å². The van der Waals surface area contributed by atoms with Gasteiger partial charge in [-0.3, -0.25) is 14.9 Å². The SMILES string of the molecule is CCCn1c(CC[C@@H](C(=O)NO)N(C)C2CCCCC2)nc2ccccc21. The molecule has 1 aliphatic carbocycles. The van der Waals surface area contributed by atoms with Crippen LogP contribution in [-0.2, 0) is 17.8 Å². The minimum atomic E-state index is -0.340. The van der Waals surface area contributed by atoms with Crippen molar-refractivity contribution in [3.8, 4) is 0 Å². The maximum absolute atomic E-state index is 12.4. The fraction of sp³-hybridized carbons (Fsp3) is 0.619. The van der Waals surface area contributed by atoms with Crippen LogP contribution in [0.2, 0.25) is 0 Å². The lowest BCUT2D eigenvalue weighted by Gasteiger charge is -2.36. The number of amides is 1. The van der Waals surface area contributed by atoms with Crippen LogP contribution in [0.3, 0.4) is 0 Å². The van der Waals surface area contributed by atoms with Crippen molar-refractivity contribution in [3.63, 3.8) is 0 Å². The second-order valence-corrected chi connectivity index (χ2v) is 7.66. The maximum Gasteiger partial charge on any atom is 0.260 e. The number of likely N-dealkylation sites (N-methyl/N-ethyl adjacent to an activating group) is 1. The van der Waals surface area contributed by atoms with Gasteiger partial charge in [0.15, 0.2) is 0 Å². The molecule has 0 spiro atoms. The van der Waals surface area contributed by atoms with Crippen LogP contribution < -0.4 is 5.48 Å². The van der Waals surface area contributed by atoms with Gasteiger partial charge >= 0.3 is 0 Å². The molecular weight excluding hydrogens is 340 g/mol. The Kier molecular flexibility index (Phi) is 6.85. The van der Waals surface area contributed by atoms with E-state index in [-0.39, 0.29) is 11.9 Å². The molecule has 1 atom stereocenters. The van der Waals surface area contributed by atoms with Crippen molar-refractivity contribution in [2.75, 3.05) is 7.05 Å². The summed E-state index contributed by atoms with van der Waals surface area (Å²) in [6.45, 7) is 3.09. The summed E-state index contributed by atoms with van der Waals surface area (Å²) in [6.07, 6.45) is 8.36. The van der Waals surface area contributed by atoms with Crippen molar-refractivity contribution in [2.45, 2.75) is 76.9 Å². The standard InChI is InChI=1S/C21H32N4O2/c1-3-15-25-18-12-8-7-11-17(18)22-20(25)14-13-19(21(26)23-27)24(2)16-9-5-4-6-10-16/h7-8,11-12,16,19,27H,3-6,9-10,13-15H2,1-2H3,(H,23,26)/t19-/m0/s1. The van der Waals surface area contributed by atoms with E-state index >= 15 is 0 Å². The fourth-order valence-electron chi connectivity index (χ4n) is 4.39. The summed E-state index contributed by atoms with van der Waals surface area (Å²) in [7, 11) is 2.02. The van der Waals surface area contributed by atoms with Crippen LogP contribution in [0, 0.1) is 0 Å². The number of imidazole rings is 1. The van der Waals surface area contributed by atoms with E-state index in [4.69, 9.17) is 4.98 Å². The third-order valence-corrected chi connectivity index (χ3v) is 5.88. The number of hydrogen-bond acceptors (Lipinski definition) is 4. The summed E-state index contributed by atoms with van der Waals surface area (Å²) in [5, 5.41) is 9.26. The van der Waals surface area contributed by atoms with Gasteiger partial charge in [0.05, 0.1) is 17.1 Å². The minimum absolute atomic E-state index is 0.318. The molecule has 1 fully saturated rings. The number of carbonyl (C=O) groups is 1. The highest BCUT2D eigenvalue weighted by atomic mass is 16.5. The molecule has 0 unspecified atom stereocenters. The summed E-state index contributed by atoms with van der Waals surface area (Å²) >= 11 is 0. The van der Waals surface area contributed by atoms with Crippen molar-refractivity contribution < 1.29 is 10.0 Å². The lowest BCUT2D eigenvalue weighted by Crippen LogP contribution is -2.49. The first-order valence-electron chi connectivity index (χ1n) is 10.3. The molecule has 6 heteroatoms. The van der Waals surface area contributed by atoms with Gasteiger partial charge in [-0.2, -0.15) is 0 Å². The van der Waals surface area contributed by atoms with Crippen molar-refractivity contribution >= 4 is 16.9 Å². The fourth-order valence-corrected chi connectivity index (χ4v) is 4.39. The van der Waals surface area contributed by atoms with E-state index in [9.17, 15) is 10.0 Å². The molecule has 1 aliphatic rings. The number of benzene rings is 1. The van der Waals surface area contributed by atoms with Crippen molar-refractivity contribution in [3.05, 3.63) is 30.1 Å². The summed E-state index contributed by atoms with van der Waals surface area (Å²) in [5.74, 6) is 0.701. The Bertz CT molecular complexity index is 752. The molecule has 1 heterocycles. The minimum Gasteiger partial charge on any atom is -0.328 e. The van der Waals surface area contributed by atoms with E-state index in [1.165, 1.54) is 19.3 Å².